The van der Waals surface area contributed by atoms with E-state index in [1.807, 2.05) is 0 Å². The number of hydrogen-bond acceptors (Lipinski definition) is 10. The lowest BCUT2D eigenvalue weighted by molar-refractivity contribution is -0.0501. The molecule has 3 rings (SSSR count). The molecule has 0 bridgehead atoms. The topological polar surface area (TPSA) is 175 Å². The summed E-state index contributed by atoms with van der Waals surface area (Å²) in [6.45, 7) is 6.68. The van der Waals surface area contributed by atoms with Gasteiger partial charge in [0.15, 0.2) is 17.4 Å². The normalized spacial score (nSPS) is 25.1. The number of rotatable bonds is 8. The maximum absolute atomic E-state index is 12.2. The third-order valence-corrected chi connectivity index (χ3v) is 4.95. The molecule has 1 fully saturated rings. The van der Waals surface area contributed by atoms with E-state index in [-0.39, 0.29) is 23.1 Å². The molecule has 3 heterocycles. The van der Waals surface area contributed by atoms with Gasteiger partial charge in [0.1, 0.15) is 18.3 Å². The summed E-state index contributed by atoms with van der Waals surface area (Å²) in [6.07, 6.45) is -4.71. The second kappa shape index (κ2) is 8.41. The third kappa shape index (κ3) is 3.69. The van der Waals surface area contributed by atoms with Gasteiger partial charge in [-0.3, -0.25) is 14.3 Å². The maximum atomic E-state index is 12.2. The van der Waals surface area contributed by atoms with Gasteiger partial charge in [-0.2, -0.15) is 4.98 Å². The zero-order valence-corrected chi connectivity index (χ0v) is 15.9. The Labute approximate surface area is 161 Å². The summed E-state index contributed by atoms with van der Waals surface area (Å²) in [5, 5.41) is 33.0. The first-order valence-electron chi connectivity index (χ1n) is 9.27. The van der Waals surface area contributed by atoms with Crippen LogP contribution in [-0.2, 0) is 4.74 Å². The Balaban J connectivity index is 1.99. The van der Waals surface area contributed by atoms with E-state index in [2.05, 4.69) is 39.0 Å². The lowest BCUT2D eigenvalue weighted by Gasteiger charge is -2.21. The fraction of sp³-hybridized carbons (Fsp3) is 0.688. The van der Waals surface area contributed by atoms with Crippen molar-refractivity contribution in [2.45, 2.75) is 38.4 Å². The molecule has 0 saturated carbocycles. The van der Waals surface area contributed by atoms with Crippen LogP contribution in [0.4, 0.5) is 11.9 Å². The minimum absolute atomic E-state index is 0.0253. The van der Waals surface area contributed by atoms with Gasteiger partial charge in [-0.05, 0) is 13.1 Å². The smallest absolute Gasteiger partial charge is 0.280 e. The number of ether oxygens (including phenoxy) is 1. The molecule has 1 aliphatic rings. The van der Waals surface area contributed by atoms with Crippen LogP contribution in [0.15, 0.2) is 4.79 Å². The van der Waals surface area contributed by atoms with Crippen molar-refractivity contribution in [2.24, 2.45) is 0 Å². The molecule has 28 heavy (non-hydrogen) atoms. The molecule has 12 nitrogen and oxygen atoms in total. The first kappa shape index (κ1) is 20.5. The van der Waals surface area contributed by atoms with Gasteiger partial charge < -0.3 is 36.0 Å². The van der Waals surface area contributed by atoms with Crippen LogP contribution in [0.25, 0.3) is 11.2 Å². The first-order chi connectivity index (χ1) is 13.4. The molecular formula is C16H27N7O5. The van der Waals surface area contributed by atoms with Crippen LogP contribution in [0.5, 0.6) is 0 Å². The van der Waals surface area contributed by atoms with Gasteiger partial charge in [-0.25, -0.2) is 4.98 Å². The van der Waals surface area contributed by atoms with Crippen LogP contribution in [0, 0.1) is 0 Å². The van der Waals surface area contributed by atoms with Crippen molar-refractivity contribution in [1.29, 1.82) is 0 Å². The minimum Gasteiger partial charge on any atom is -0.394 e. The highest BCUT2D eigenvalue weighted by Gasteiger charge is 2.45. The number of nitrogens with zero attached hydrogens (tertiary/aromatic N) is 4. The standard InChI is InChI=1S/C16H27N7O5/c1-3-22(4-2)6-5-18-16-19-9-12(20-15(17)21-13(9)27)23(16)14-11(26)10(25)8(7-24)28-14/h8,10-11,14,24-26H,3-7H2,1-2H3,(H,18,19)(H3,17,20,21,27)/t8-,10-,11-,14-/m1/s1. The minimum atomic E-state index is -1.35. The maximum Gasteiger partial charge on any atom is 0.280 e. The van der Waals surface area contributed by atoms with E-state index in [0.717, 1.165) is 19.6 Å². The summed E-state index contributed by atoms with van der Waals surface area (Å²) in [5.41, 5.74) is 5.28. The van der Waals surface area contributed by atoms with Crippen molar-refractivity contribution in [3.63, 3.8) is 0 Å². The molecule has 2 aromatic heterocycles. The summed E-state index contributed by atoms with van der Waals surface area (Å²) in [5.74, 6) is 0.140. The molecule has 0 radical (unpaired) electrons. The van der Waals surface area contributed by atoms with Gasteiger partial charge >= 0.3 is 0 Å². The average molecular weight is 397 g/mol. The molecule has 12 heteroatoms. The van der Waals surface area contributed by atoms with Crippen LogP contribution in [0.3, 0.4) is 0 Å². The third-order valence-electron chi connectivity index (χ3n) is 4.95. The largest absolute Gasteiger partial charge is 0.394 e. The number of aliphatic hydroxyl groups excluding tert-OH is 3. The zero-order chi connectivity index (χ0) is 20.4. The Hall–Kier alpha value is -2.25. The number of nitrogen functional groups attached to an aromatic ring is 1. The lowest BCUT2D eigenvalue weighted by Crippen LogP contribution is -2.33. The summed E-state index contributed by atoms with van der Waals surface area (Å²) in [4.78, 5) is 25.2. The van der Waals surface area contributed by atoms with Gasteiger partial charge in [0.25, 0.3) is 5.56 Å². The Morgan fingerprint density at radius 3 is 2.61 bits per heavy atom. The number of fused-ring (bicyclic) bond motifs is 1. The van der Waals surface area contributed by atoms with Gasteiger partial charge in [0.05, 0.1) is 6.61 Å². The number of aromatic amines is 1. The quantitative estimate of drug-likeness (QED) is 0.294. The number of nitrogens with two attached hydrogens (primary N) is 1. The molecule has 0 amide bonds. The molecule has 0 spiro atoms. The van der Waals surface area contributed by atoms with Crippen molar-refractivity contribution in [2.75, 3.05) is 43.8 Å². The highest BCUT2D eigenvalue weighted by atomic mass is 16.6. The van der Waals surface area contributed by atoms with Crippen LogP contribution < -0.4 is 16.6 Å². The number of hydrogen-bond donors (Lipinski definition) is 6. The van der Waals surface area contributed by atoms with Crippen LogP contribution in [0.2, 0.25) is 0 Å². The van der Waals surface area contributed by atoms with E-state index >= 15 is 0 Å². The second-order valence-electron chi connectivity index (χ2n) is 6.61. The van der Waals surface area contributed by atoms with Crippen molar-refractivity contribution >= 4 is 23.1 Å². The second-order valence-corrected chi connectivity index (χ2v) is 6.61. The van der Waals surface area contributed by atoms with Gasteiger partial charge in [-0.1, -0.05) is 13.8 Å². The molecular weight excluding hydrogens is 370 g/mol. The highest BCUT2D eigenvalue weighted by molar-refractivity contribution is 5.74. The van der Waals surface area contributed by atoms with Gasteiger partial charge in [0, 0.05) is 13.1 Å². The number of imidazole rings is 1. The molecule has 156 valence electrons. The summed E-state index contributed by atoms with van der Waals surface area (Å²) in [7, 11) is 0. The van der Waals surface area contributed by atoms with E-state index in [4.69, 9.17) is 10.5 Å². The van der Waals surface area contributed by atoms with E-state index in [0.29, 0.717) is 6.54 Å². The van der Waals surface area contributed by atoms with Gasteiger partial charge in [-0.15, -0.1) is 0 Å². The Bertz CT molecular complexity index is 865. The predicted molar refractivity (Wildman–Crippen MR) is 102 cm³/mol. The van der Waals surface area contributed by atoms with Gasteiger partial charge in [0.2, 0.25) is 11.9 Å². The predicted octanol–water partition coefficient (Wildman–Crippen LogP) is -1.93. The summed E-state index contributed by atoms with van der Waals surface area (Å²) < 4.78 is 7.00. The Morgan fingerprint density at radius 1 is 1.29 bits per heavy atom. The van der Waals surface area contributed by atoms with Crippen LogP contribution in [0.1, 0.15) is 20.1 Å². The van der Waals surface area contributed by atoms with Crippen LogP contribution >= 0.6 is 0 Å². The monoisotopic (exact) mass is 397 g/mol. The van der Waals surface area contributed by atoms with Crippen LogP contribution in [-0.4, -0.2) is 90.8 Å². The highest BCUT2D eigenvalue weighted by Crippen LogP contribution is 2.33. The molecule has 1 aliphatic heterocycles. The number of likely N-dealkylation sites (N-methyl/N-ethyl adjacent to an activating group) is 1. The number of nitrogens with one attached hydrogen (secondary N) is 2. The number of anilines is 2. The van der Waals surface area contributed by atoms with E-state index in [1.165, 1.54) is 4.57 Å². The fourth-order valence-corrected chi connectivity index (χ4v) is 3.33. The molecule has 7 N–H and O–H groups in total. The summed E-state index contributed by atoms with van der Waals surface area (Å²) >= 11 is 0. The molecule has 4 atom stereocenters. The lowest BCUT2D eigenvalue weighted by atomic mass is 10.1. The number of aromatic nitrogens is 4. The van der Waals surface area contributed by atoms with Crippen molar-refractivity contribution in [1.82, 2.24) is 24.4 Å². The average Bonchev–Trinajstić information content (AvgIpc) is 3.16. The molecule has 1 saturated heterocycles. The van der Waals surface area contributed by atoms with E-state index in [1.54, 1.807) is 0 Å². The van der Waals surface area contributed by atoms with Crippen molar-refractivity contribution in [3.8, 4) is 0 Å². The molecule has 2 aromatic rings. The van der Waals surface area contributed by atoms with Crippen molar-refractivity contribution < 1.29 is 20.1 Å². The first-order valence-corrected chi connectivity index (χ1v) is 9.27. The Morgan fingerprint density at radius 2 is 2.00 bits per heavy atom. The molecule has 0 unspecified atom stereocenters. The fourth-order valence-electron chi connectivity index (χ4n) is 3.33. The van der Waals surface area contributed by atoms with E-state index < -0.39 is 36.7 Å². The zero-order valence-electron chi connectivity index (χ0n) is 15.9. The van der Waals surface area contributed by atoms with E-state index in [9.17, 15) is 20.1 Å². The number of H-pyrrole nitrogens is 1. The number of aliphatic hydroxyl groups is 3. The summed E-state index contributed by atoms with van der Waals surface area (Å²) in [6, 6.07) is 0. The molecule has 0 aromatic carbocycles. The Kier molecular flexibility index (Phi) is 6.15. The molecule has 0 aliphatic carbocycles. The van der Waals surface area contributed by atoms with Crippen molar-refractivity contribution in [3.05, 3.63) is 10.4 Å². The SMILES string of the molecule is CCN(CC)CCNc1nc2c(=O)[nH]c(N)nc2n1[C@@H]1O[C@H](CO)[C@@H](O)[C@H]1O.